The van der Waals surface area contributed by atoms with Crippen molar-refractivity contribution < 1.29 is 28.2 Å². The van der Waals surface area contributed by atoms with Gasteiger partial charge in [-0.25, -0.2) is 8.78 Å². The van der Waals surface area contributed by atoms with E-state index in [-0.39, 0.29) is 24.8 Å². The number of hydrogen-bond donors (Lipinski definition) is 2. The first-order chi connectivity index (χ1) is 9.49. The number of amides is 1. The van der Waals surface area contributed by atoms with Gasteiger partial charge in [0.15, 0.2) is 11.6 Å². The standard InChI is InChI=1S/C13H13F2NO4/c14-10-2-1-7(5-11(10)15)20-4-3-16-12(17)8-6-9(8)13(18)19/h1-2,5,8-9H,3-4,6H2,(H,16,17)(H,18,19)/t8-,9+/m0/s1. The number of carboxylic acids is 1. The predicted octanol–water partition coefficient (Wildman–Crippen LogP) is 1.18. The molecule has 0 aromatic heterocycles. The number of ether oxygens (including phenoxy) is 1. The van der Waals surface area contributed by atoms with E-state index in [4.69, 9.17) is 9.84 Å². The van der Waals surface area contributed by atoms with Crippen molar-refractivity contribution in [3.05, 3.63) is 29.8 Å². The molecule has 108 valence electrons. The van der Waals surface area contributed by atoms with Crippen molar-refractivity contribution in [2.75, 3.05) is 13.2 Å². The summed E-state index contributed by atoms with van der Waals surface area (Å²) in [6, 6.07) is 3.14. The van der Waals surface area contributed by atoms with Crippen LogP contribution in [0.15, 0.2) is 18.2 Å². The minimum Gasteiger partial charge on any atom is -0.492 e. The second-order valence-electron chi connectivity index (χ2n) is 4.50. The second-order valence-corrected chi connectivity index (χ2v) is 4.50. The van der Waals surface area contributed by atoms with Gasteiger partial charge in [-0.1, -0.05) is 0 Å². The summed E-state index contributed by atoms with van der Waals surface area (Å²) < 4.78 is 30.7. The highest BCUT2D eigenvalue weighted by Gasteiger charge is 2.48. The third-order valence-corrected chi connectivity index (χ3v) is 3.01. The number of hydrogen-bond acceptors (Lipinski definition) is 3. The normalized spacial score (nSPS) is 20.3. The lowest BCUT2D eigenvalue weighted by molar-refractivity contribution is -0.140. The summed E-state index contributed by atoms with van der Waals surface area (Å²) in [5.41, 5.74) is 0. The van der Waals surface area contributed by atoms with E-state index >= 15 is 0 Å². The summed E-state index contributed by atoms with van der Waals surface area (Å²) >= 11 is 0. The lowest BCUT2D eigenvalue weighted by Crippen LogP contribution is -2.30. The Hall–Kier alpha value is -2.18. The van der Waals surface area contributed by atoms with Gasteiger partial charge in [-0.15, -0.1) is 0 Å². The summed E-state index contributed by atoms with van der Waals surface area (Å²) in [6.07, 6.45) is 0.352. The molecule has 0 bridgehead atoms. The fraction of sp³-hybridized carbons (Fsp3) is 0.385. The van der Waals surface area contributed by atoms with Crippen molar-refractivity contribution in [2.24, 2.45) is 11.8 Å². The molecule has 20 heavy (non-hydrogen) atoms. The molecule has 2 N–H and O–H groups in total. The van der Waals surface area contributed by atoms with Crippen molar-refractivity contribution in [3.8, 4) is 5.75 Å². The van der Waals surface area contributed by atoms with Crippen LogP contribution in [-0.4, -0.2) is 30.1 Å². The maximum atomic E-state index is 12.9. The first-order valence-corrected chi connectivity index (χ1v) is 6.07. The van der Waals surface area contributed by atoms with Crippen LogP contribution in [0.1, 0.15) is 6.42 Å². The summed E-state index contributed by atoms with van der Waals surface area (Å²) in [7, 11) is 0. The molecule has 0 unspecified atom stereocenters. The first-order valence-electron chi connectivity index (χ1n) is 6.07. The Labute approximate surface area is 113 Å². The molecule has 2 rings (SSSR count). The van der Waals surface area contributed by atoms with E-state index in [1.807, 2.05) is 0 Å². The van der Waals surface area contributed by atoms with E-state index in [1.165, 1.54) is 6.07 Å². The molecule has 0 radical (unpaired) electrons. The molecule has 1 aromatic rings. The number of halogens is 2. The van der Waals surface area contributed by atoms with E-state index < -0.39 is 29.4 Å². The molecule has 0 saturated heterocycles. The van der Waals surface area contributed by atoms with Gasteiger partial charge < -0.3 is 15.2 Å². The monoisotopic (exact) mass is 285 g/mol. The van der Waals surface area contributed by atoms with Crippen molar-refractivity contribution in [3.63, 3.8) is 0 Å². The van der Waals surface area contributed by atoms with Crippen LogP contribution in [0, 0.1) is 23.5 Å². The van der Waals surface area contributed by atoms with Crippen LogP contribution in [0.3, 0.4) is 0 Å². The molecular weight excluding hydrogens is 272 g/mol. The van der Waals surface area contributed by atoms with Gasteiger partial charge in [-0.05, 0) is 18.6 Å². The fourth-order valence-electron chi connectivity index (χ4n) is 1.80. The van der Waals surface area contributed by atoms with Gasteiger partial charge in [-0.3, -0.25) is 9.59 Å². The van der Waals surface area contributed by atoms with E-state index in [0.717, 1.165) is 12.1 Å². The number of rotatable bonds is 6. The molecule has 1 saturated carbocycles. The Morgan fingerprint density at radius 3 is 2.65 bits per heavy atom. The predicted molar refractivity (Wildman–Crippen MR) is 64.1 cm³/mol. The molecule has 0 aliphatic heterocycles. The van der Waals surface area contributed by atoms with E-state index in [2.05, 4.69) is 5.32 Å². The van der Waals surface area contributed by atoms with Gasteiger partial charge >= 0.3 is 5.97 Å². The first kappa shape index (κ1) is 14.2. The fourth-order valence-corrected chi connectivity index (χ4v) is 1.80. The molecule has 1 amide bonds. The summed E-state index contributed by atoms with van der Waals surface area (Å²) in [6.45, 7) is 0.252. The number of aliphatic carboxylic acids is 1. The molecular formula is C13H13F2NO4. The largest absolute Gasteiger partial charge is 0.492 e. The Bertz CT molecular complexity index is 535. The van der Waals surface area contributed by atoms with E-state index in [0.29, 0.717) is 6.42 Å². The zero-order valence-electron chi connectivity index (χ0n) is 10.4. The average Bonchev–Trinajstić information content (AvgIpc) is 3.19. The lowest BCUT2D eigenvalue weighted by Gasteiger charge is -2.07. The second kappa shape index (κ2) is 5.85. The van der Waals surface area contributed by atoms with Crippen LogP contribution in [0.5, 0.6) is 5.75 Å². The number of carbonyl (C=O) groups is 2. The van der Waals surface area contributed by atoms with Crippen molar-refractivity contribution in [1.82, 2.24) is 5.32 Å². The minimum atomic E-state index is -1.01. The van der Waals surface area contributed by atoms with Gasteiger partial charge in [0.25, 0.3) is 0 Å². The topological polar surface area (TPSA) is 75.6 Å². The molecule has 1 aromatic carbocycles. The highest BCUT2D eigenvalue weighted by Crippen LogP contribution is 2.38. The zero-order chi connectivity index (χ0) is 14.7. The highest BCUT2D eigenvalue weighted by molar-refractivity contribution is 5.89. The smallest absolute Gasteiger partial charge is 0.307 e. The molecule has 2 atom stereocenters. The zero-order valence-corrected chi connectivity index (χ0v) is 10.4. The molecule has 1 aliphatic carbocycles. The third-order valence-electron chi connectivity index (χ3n) is 3.01. The van der Waals surface area contributed by atoms with Gasteiger partial charge in [0.2, 0.25) is 5.91 Å². The summed E-state index contributed by atoms with van der Waals surface area (Å²) in [4.78, 5) is 22.1. The number of carboxylic acid groups (broad SMARTS) is 1. The Kier molecular flexibility index (Phi) is 4.16. The Morgan fingerprint density at radius 1 is 1.30 bits per heavy atom. The van der Waals surface area contributed by atoms with E-state index in [1.54, 1.807) is 0 Å². The van der Waals surface area contributed by atoms with Crippen LogP contribution in [0.4, 0.5) is 8.78 Å². The quantitative estimate of drug-likeness (QED) is 0.770. The van der Waals surface area contributed by atoms with E-state index in [9.17, 15) is 18.4 Å². The molecule has 1 aliphatic rings. The summed E-state index contributed by atoms with van der Waals surface area (Å²) in [5.74, 6) is -4.17. The van der Waals surface area contributed by atoms with Crippen LogP contribution in [-0.2, 0) is 9.59 Å². The lowest BCUT2D eigenvalue weighted by atomic mass is 10.3. The average molecular weight is 285 g/mol. The molecule has 0 heterocycles. The van der Waals surface area contributed by atoms with Crippen molar-refractivity contribution in [1.29, 1.82) is 0 Å². The highest BCUT2D eigenvalue weighted by atomic mass is 19.2. The maximum Gasteiger partial charge on any atom is 0.307 e. The number of carbonyl (C=O) groups excluding carboxylic acids is 1. The number of nitrogens with one attached hydrogen (secondary N) is 1. The van der Waals surface area contributed by atoms with Crippen molar-refractivity contribution in [2.45, 2.75) is 6.42 Å². The van der Waals surface area contributed by atoms with Crippen LogP contribution in [0.2, 0.25) is 0 Å². The minimum absolute atomic E-state index is 0.0846. The van der Waals surface area contributed by atoms with Gasteiger partial charge in [0.05, 0.1) is 18.4 Å². The van der Waals surface area contributed by atoms with Crippen LogP contribution < -0.4 is 10.1 Å². The Balaban J connectivity index is 1.68. The van der Waals surface area contributed by atoms with Gasteiger partial charge in [-0.2, -0.15) is 0 Å². The Morgan fingerprint density at radius 2 is 2.05 bits per heavy atom. The summed E-state index contributed by atoms with van der Waals surface area (Å²) in [5, 5.41) is 11.2. The number of benzene rings is 1. The molecule has 1 fully saturated rings. The SMILES string of the molecule is O=C(NCCOc1ccc(F)c(F)c1)[C@H]1C[C@H]1C(=O)O. The molecule has 5 nitrogen and oxygen atoms in total. The third kappa shape index (κ3) is 3.43. The molecule has 0 spiro atoms. The van der Waals surface area contributed by atoms with Gasteiger partial charge in [0.1, 0.15) is 12.4 Å². The van der Waals surface area contributed by atoms with Gasteiger partial charge in [0, 0.05) is 6.07 Å². The van der Waals surface area contributed by atoms with Crippen LogP contribution in [0.25, 0.3) is 0 Å². The maximum absolute atomic E-state index is 12.9. The van der Waals surface area contributed by atoms with Crippen LogP contribution >= 0.6 is 0 Å². The van der Waals surface area contributed by atoms with Crippen molar-refractivity contribution >= 4 is 11.9 Å². The molecule has 7 heteroatoms.